The summed E-state index contributed by atoms with van der Waals surface area (Å²) in [5.74, 6) is 2.17. The van der Waals surface area contributed by atoms with Gasteiger partial charge in [0.05, 0.1) is 6.61 Å². The van der Waals surface area contributed by atoms with Gasteiger partial charge < -0.3 is 4.74 Å². The molecule has 0 aromatic carbocycles. The van der Waals surface area contributed by atoms with E-state index in [2.05, 4.69) is 6.92 Å². The number of rotatable bonds is 15. The molecule has 1 saturated carbocycles. The van der Waals surface area contributed by atoms with E-state index in [1.54, 1.807) is 0 Å². The summed E-state index contributed by atoms with van der Waals surface area (Å²) in [6.07, 6.45) is 17.9. The molecule has 0 spiro atoms. The van der Waals surface area contributed by atoms with Crippen molar-refractivity contribution < 1.29 is 9.53 Å². The van der Waals surface area contributed by atoms with Crippen molar-refractivity contribution in [1.29, 1.82) is 0 Å². The second kappa shape index (κ2) is 13.0. The van der Waals surface area contributed by atoms with Gasteiger partial charge in [-0.25, -0.2) is 0 Å². The lowest BCUT2D eigenvalue weighted by Gasteiger charge is -2.04. The number of esters is 1. The van der Waals surface area contributed by atoms with Crippen LogP contribution in [0.3, 0.4) is 0 Å². The molecular weight excluding hydrogens is 272 g/mol. The Morgan fingerprint density at radius 3 is 2.05 bits per heavy atom. The standard InChI is InChI=1S/C20H38O2/c1-3-13-18-17-19(18)14-11-9-7-5-6-8-10-12-15-20(21)22-16-4-2/h18-19H,3-17H2,1-2H3/t18-,19-/m0/s1. The first-order chi connectivity index (χ1) is 10.8. The number of unbranched alkanes of at least 4 members (excludes halogenated alkanes) is 7. The number of hydrogen-bond donors (Lipinski definition) is 0. The van der Waals surface area contributed by atoms with Crippen LogP contribution in [0.15, 0.2) is 0 Å². The number of hydrogen-bond acceptors (Lipinski definition) is 2. The molecule has 2 atom stereocenters. The van der Waals surface area contributed by atoms with Crippen molar-refractivity contribution in [3.8, 4) is 0 Å². The average Bonchev–Trinajstić information content (AvgIpc) is 3.25. The van der Waals surface area contributed by atoms with Gasteiger partial charge in [0.25, 0.3) is 0 Å². The highest BCUT2D eigenvalue weighted by Crippen LogP contribution is 2.45. The first kappa shape index (κ1) is 19.5. The Morgan fingerprint density at radius 1 is 0.818 bits per heavy atom. The molecule has 0 saturated heterocycles. The van der Waals surface area contributed by atoms with E-state index in [1.165, 1.54) is 70.6 Å². The van der Waals surface area contributed by atoms with E-state index in [4.69, 9.17) is 4.74 Å². The Hall–Kier alpha value is -0.530. The van der Waals surface area contributed by atoms with E-state index in [0.717, 1.165) is 24.7 Å². The fraction of sp³-hybridized carbons (Fsp3) is 0.950. The zero-order valence-electron chi connectivity index (χ0n) is 15.1. The molecule has 0 aromatic rings. The van der Waals surface area contributed by atoms with E-state index < -0.39 is 0 Å². The third kappa shape index (κ3) is 10.2. The molecule has 1 aliphatic carbocycles. The molecule has 0 aromatic heterocycles. The molecule has 0 bridgehead atoms. The third-order valence-corrected chi connectivity index (χ3v) is 4.90. The lowest BCUT2D eigenvalue weighted by molar-refractivity contribution is -0.143. The van der Waals surface area contributed by atoms with Gasteiger partial charge >= 0.3 is 5.97 Å². The molecule has 22 heavy (non-hydrogen) atoms. The molecule has 2 nitrogen and oxygen atoms in total. The van der Waals surface area contributed by atoms with Crippen LogP contribution in [0, 0.1) is 11.8 Å². The number of carbonyl (C=O) groups is 1. The van der Waals surface area contributed by atoms with Crippen molar-refractivity contribution in [3.05, 3.63) is 0 Å². The van der Waals surface area contributed by atoms with Crippen LogP contribution in [0.4, 0.5) is 0 Å². The molecule has 0 N–H and O–H groups in total. The van der Waals surface area contributed by atoms with Gasteiger partial charge in [-0.15, -0.1) is 0 Å². The summed E-state index contributed by atoms with van der Waals surface area (Å²) < 4.78 is 5.07. The highest BCUT2D eigenvalue weighted by Gasteiger charge is 2.34. The largest absolute Gasteiger partial charge is 0.466 e. The predicted molar refractivity (Wildman–Crippen MR) is 93.9 cm³/mol. The van der Waals surface area contributed by atoms with Gasteiger partial charge in [-0.1, -0.05) is 78.1 Å². The van der Waals surface area contributed by atoms with Crippen LogP contribution in [0.25, 0.3) is 0 Å². The lowest BCUT2D eigenvalue weighted by Crippen LogP contribution is -2.04. The molecule has 1 rings (SSSR count). The normalized spacial score (nSPS) is 20.1. The van der Waals surface area contributed by atoms with Crippen molar-refractivity contribution in [2.45, 2.75) is 104 Å². The minimum Gasteiger partial charge on any atom is -0.466 e. The molecule has 1 aliphatic rings. The molecule has 130 valence electrons. The van der Waals surface area contributed by atoms with E-state index in [-0.39, 0.29) is 5.97 Å². The second-order valence-corrected chi connectivity index (χ2v) is 7.13. The Bertz CT molecular complexity index is 275. The van der Waals surface area contributed by atoms with Crippen molar-refractivity contribution in [2.75, 3.05) is 6.61 Å². The van der Waals surface area contributed by atoms with Crippen LogP contribution in [0.2, 0.25) is 0 Å². The van der Waals surface area contributed by atoms with Crippen LogP contribution >= 0.6 is 0 Å². The maximum absolute atomic E-state index is 11.3. The van der Waals surface area contributed by atoms with Crippen LogP contribution in [0.1, 0.15) is 104 Å². The summed E-state index contributed by atoms with van der Waals surface area (Å²) in [7, 11) is 0. The van der Waals surface area contributed by atoms with Gasteiger partial charge in [0.1, 0.15) is 0 Å². The monoisotopic (exact) mass is 310 g/mol. The molecular formula is C20H38O2. The minimum atomic E-state index is -0.0108. The van der Waals surface area contributed by atoms with Crippen LogP contribution in [-0.4, -0.2) is 12.6 Å². The maximum atomic E-state index is 11.3. The van der Waals surface area contributed by atoms with Crippen molar-refractivity contribution in [3.63, 3.8) is 0 Å². The topological polar surface area (TPSA) is 26.3 Å². The van der Waals surface area contributed by atoms with Crippen molar-refractivity contribution >= 4 is 5.97 Å². The van der Waals surface area contributed by atoms with Crippen LogP contribution in [-0.2, 0) is 9.53 Å². The summed E-state index contributed by atoms with van der Waals surface area (Å²) in [6.45, 7) is 4.92. The van der Waals surface area contributed by atoms with Gasteiger partial charge in [-0.2, -0.15) is 0 Å². The highest BCUT2D eigenvalue weighted by atomic mass is 16.5. The number of carbonyl (C=O) groups excluding carboxylic acids is 1. The smallest absolute Gasteiger partial charge is 0.305 e. The average molecular weight is 311 g/mol. The third-order valence-electron chi connectivity index (χ3n) is 4.90. The Labute approximate surface area is 138 Å². The van der Waals surface area contributed by atoms with E-state index in [0.29, 0.717) is 13.0 Å². The molecule has 2 heteroatoms. The molecule has 0 radical (unpaired) electrons. The zero-order valence-corrected chi connectivity index (χ0v) is 15.1. The van der Waals surface area contributed by atoms with Crippen LogP contribution in [0.5, 0.6) is 0 Å². The Kier molecular flexibility index (Phi) is 11.5. The van der Waals surface area contributed by atoms with Crippen molar-refractivity contribution in [1.82, 2.24) is 0 Å². The van der Waals surface area contributed by atoms with Crippen molar-refractivity contribution in [2.24, 2.45) is 11.8 Å². The first-order valence-electron chi connectivity index (χ1n) is 9.93. The van der Waals surface area contributed by atoms with E-state index >= 15 is 0 Å². The fourth-order valence-electron chi connectivity index (χ4n) is 3.41. The molecule has 0 aliphatic heterocycles. The Balaban J connectivity index is 1.72. The SMILES string of the molecule is CCCOC(=O)CCCCCCCCCC[C@H]1C[C@@H]1CCC. The summed E-state index contributed by atoms with van der Waals surface area (Å²) in [5.41, 5.74) is 0. The van der Waals surface area contributed by atoms with E-state index in [1.807, 2.05) is 6.92 Å². The Morgan fingerprint density at radius 2 is 1.41 bits per heavy atom. The summed E-state index contributed by atoms with van der Waals surface area (Å²) in [4.78, 5) is 11.3. The molecule has 1 fully saturated rings. The summed E-state index contributed by atoms with van der Waals surface area (Å²) in [6, 6.07) is 0. The van der Waals surface area contributed by atoms with Gasteiger partial charge in [0.15, 0.2) is 0 Å². The minimum absolute atomic E-state index is 0.0108. The predicted octanol–water partition coefficient (Wildman–Crippen LogP) is 6.28. The lowest BCUT2D eigenvalue weighted by atomic mass is 10.0. The number of ether oxygens (including phenoxy) is 1. The maximum Gasteiger partial charge on any atom is 0.305 e. The van der Waals surface area contributed by atoms with Gasteiger partial charge in [-0.3, -0.25) is 4.79 Å². The zero-order chi connectivity index (χ0) is 16.0. The van der Waals surface area contributed by atoms with Gasteiger partial charge in [0, 0.05) is 6.42 Å². The van der Waals surface area contributed by atoms with E-state index in [9.17, 15) is 4.79 Å². The summed E-state index contributed by atoms with van der Waals surface area (Å²) in [5, 5.41) is 0. The molecule has 0 amide bonds. The molecule has 0 heterocycles. The van der Waals surface area contributed by atoms with Gasteiger partial charge in [0.2, 0.25) is 0 Å². The second-order valence-electron chi connectivity index (χ2n) is 7.13. The quantitative estimate of drug-likeness (QED) is 0.263. The van der Waals surface area contributed by atoms with Crippen LogP contribution < -0.4 is 0 Å². The first-order valence-corrected chi connectivity index (χ1v) is 9.93. The van der Waals surface area contributed by atoms with Gasteiger partial charge in [-0.05, 0) is 31.1 Å². The molecule has 0 unspecified atom stereocenters. The highest BCUT2D eigenvalue weighted by molar-refractivity contribution is 5.69. The fourth-order valence-corrected chi connectivity index (χ4v) is 3.41. The summed E-state index contributed by atoms with van der Waals surface area (Å²) >= 11 is 0.